The zero-order valence-corrected chi connectivity index (χ0v) is 14.8. The number of nitrogens with zero attached hydrogens (tertiary/aromatic N) is 3. The van der Waals surface area contributed by atoms with Crippen LogP contribution in [-0.2, 0) is 0 Å². The molecule has 1 fully saturated rings. The normalized spacial score (nSPS) is 13.7. The highest BCUT2D eigenvalue weighted by Gasteiger charge is 2.31. The minimum absolute atomic E-state index is 0.123. The van der Waals surface area contributed by atoms with Crippen LogP contribution >= 0.6 is 11.8 Å². The van der Waals surface area contributed by atoms with Crippen molar-refractivity contribution in [2.75, 3.05) is 5.75 Å². The van der Waals surface area contributed by atoms with Crippen molar-refractivity contribution in [2.24, 2.45) is 0 Å². The average molecular weight is 389 g/mol. The second-order valence-corrected chi connectivity index (χ2v) is 7.17. The van der Waals surface area contributed by atoms with Gasteiger partial charge in [0.15, 0.2) is 16.8 Å². The van der Waals surface area contributed by atoms with Crippen molar-refractivity contribution in [2.45, 2.75) is 24.0 Å². The van der Waals surface area contributed by atoms with E-state index in [0.717, 1.165) is 42.8 Å². The molecule has 138 valence electrons. The lowest BCUT2D eigenvalue weighted by Crippen LogP contribution is -2.08. The summed E-state index contributed by atoms with van der Waals surface area (Å²) in [5, 5.41) is 8.65. The summed E-state index contributed by atoms with van der Waals surface area (Å²) in [7, 11) is 0. The molecule has 1 aliphatic rings. The fourth-order valence-corrected chi connectivity index (χ4v) is 3.67. The van der Waals surface area contributed by atoms with Crippen LogP contribution < -0.4 is 0 Å². The number of Topliss-reactive ketones (excluding diaryl/α,β-unsaturated/α-hetero) is 1. The minimum atomic E-state index is -0.766. The molecule has 4 nitrogen and oxygen atoms in total. The van der Waals surface area contributed by atoms with Gasteiger partial charge in [0.2, 0.25) is 0 Å². The maximum atomic E-state index is 14.1. The summed E-state index contributed by atoms with van der Waals surface area (Å²) in [6.07, 6.45) is 1.83. The predicted molar refractivity (Wildman–Crippen MR) is 95.1 cm³/mol. The second-order valence-electron chi connectivity index (χ2n) is 6.22. The van der Waals surface area contributed by atoms with E-state index in [1.807, 2.05) is 4.57 Å². The Labute approximate surface area is 157 Å². The molecule has 0 spiro atoms. The van der Waals surface area contributed by atoms with E-state index in [4.69, 9.17) is 0 Å². The van der Waals surface area contributed by atoms with Gasteiger partial charge in [0.25, 0.3) is 0 Å². The van der Waals surface area contributed by atoms with Gasteiger partial charge in [0, 0.05) is 6.04 Å². The number of carbonyl (C=O) groups excluding carboxylic acids is 1. The van der Waals surface area contributed by atoms with Crippen LogP contribution in [0, 0.1) is 17.5 Å². The number of thioether (sulfide) groups is 1. The van der Waals surface area contributed by atoms with Gasteiger partial charge in [-0.05, 0) is 43.2 Å². The summed E-state index contributed by atoms with van der Waals surface area (Å²) in [6, 6.07) is 9.21. The van der Waals surface area contributed by atoms with Crippen LogP contribution in [0.25, 0.3) is 11.4 Å². The highest BCUT2D eigenvalue weighted by molar-refractivity contribution is 7.99. The number of ketones is 1. The summed E-state index contributed by atoms with van der Waals surface area (Å²) in [6.45, 7) is 0. The molecule has 1 saturated carbocycles. The van der Waals surface area contributed by atoms with E-state index in [9.17, 15) is 18.0 Å². The van der Waals surface area contributed by atoms with Crippen LogP contribution in [0.3, 0.4) is 0 Å². The van der Waals surface area contributed by atoms with Crippen LogP contribution in [0.15, 0.2) is 47.6 Å². The maximum Gasteiger partial charge on any atom is 0.192 e. The zero-order valence-electron chi connectivity index (χ0n) is 14.0. The van der Waals surface area contributed by atoms with E-state index >= 15 is 0 Å². The Hall–Kier alpha value is -2.61. The topological polar surface area (TPSA) is 47.8 Å². The number of hydrogen-bond acceptors (Lipinski definition) is 4. The van der Waals surface area contributed by atoms with Crippen LogP contribution in [0.5, 0.6) is 0 Å². The Kier molecular flexibility index (Phi) is 4.73. The van der Waals surface area contributed by atoms with Crippen LogP contribution in [0.1, 0.15) is 29.2 Å². The largest absolute Gasteiger partial charge is 0.299 e. The van der Waals surface area contributed by atoms with Gasteiger partial charge in [-0.3, -0.25) is 9.36 Å². The number of hydrogen-bond donors (Lipinski definition) is 0. The molecule has 0 saturated heterocycles. The summed E-state index contributed by atoms with van der Waals surface area (Å²) < 4.78 is 43.0. The molecular weight excluding hydrogens is 375 g/mol. The van der Waals surface area contributed by atoms with Crippen molar-refractivity contribution in [3.8, 4) is 11.4 Å². The fourth-order valence-electron chi connectivity index (χ4n) is 2.78. The molecule has 4 rings (SSSR count). The molecule has 0 radical (unpaired) electrons. The van der Waals surface area contributed by atoms with E-state index in [-0.39, 0.29) is 17.4 Å². The quantitative estimate of drug-likeness (QED) is 0.454. The van der Waals surface area contributed by atoms with Gasteiger partial charge in [0.05, 0.1) is 16.9 Å². The number of benzene rings is 2. The molecule has 8 heteroatoms. The van der Waals surface area contributed by atoms with Crippen molar-refractivity contribution in [3.05, 3.63) is 65.5 Å². The average Bonchev–Trinajstić information content (AvgIpc) is 3.41. The molecule has 27 heavy (non-hydrogen) atoms. The highest BCUT2D eigenvalue weighted by atomic mass is 32.2. The van der Waals surface area contributed by atoms with Crippen LogP contribution in [0.2, 0.25) is 0 Å². The van der Waals surface area contributed by atoms with E-state index < -0.39 is 23.2 Å². The lowest BCUT2D eigenvalue weighted by molar-refractivity contribution is 0.101. The molecular formula is C19H14F3N3OS. The van der Waals surface area contributed by atoms with Crippen molar-refractivity contribution in [1.29, 1.82) is 0 Å². The van der Waals surface area contributed by atoms with Gasteiger partial charge in [-0.1, -0.05) is 23.9 Å². The van der Waals surface area contributed by atoms with E-state index in [2.05, 4.69) is 10.2 Å². The maximum absolute atomic E-state index is 14.1. The van der Waals surface area contributed by atoms with Gasteiger partial charge in [-0.2, -0.15) is 0 Å². The molecule has 3 aromatic rings. The van der Waals surface area contributed by atoms with Gasteiger partial charge in [-0.25, -0.2) is 13.2 Å². The Bertz CT molecular complexity index is 1020. The summed E-state index contributed by atoms with van der Waals surface area (Å²) in [4.78, 5) is 12.3. The molecule has 0 amide bonds. The number of halogens is 3. The van der Waals surface area contributed by atoms with E-state index in [1.165, 1.54) is 6.07 Å². The first-order valence-electron chi connectivity index (χ1n) is 8.35. The Morgan fingerprint density at radius 1 is 1.07 bits per heavy atom. The molecule has 0 unspecified atom stereocenters. The van der Waals surface area contributed by atoms with Gasteiger partial charge >= 0.3 is 0 Å². The third kappa shape index (κ3) is 3.62. The lowest BCUT2D eigenvalue weighted by Gasteiger charge is -2.09. The SMILES string of the molecule is O=C(CSc1nnc(-c2ccccc2F)n1C1CC1)c1cc(F)ccc1F. The predicted octanol–water partition coefficient (Wildman–Crippen LogP) is 4.67. The molecule has 1 aromatic heterocycles. The molecule has 1 heterocycles. The van der Waals surface area contributed by atoms with Crippen LogP contribution in [-0.4, -0.2) is 26.3 Å². The Morgan fingerprint density at radius 2 is 1.85 bits per heavy atom. The third-order valence-electron chi connectivity index (χ3n) is 4.25. The van der Waals surface area contributed by atoms with Crippen molar-refractivity contribution < 1.29 is 18.0 Å². The molecule has 0 bridgehead atoms. The number of aromatic nitrogens is 3. The van der Waals surface area contributed by atoms with Crippen molar-refractivity contribution >= 4 is 17.5 Å². The first-order chi connectivity index (χ1) is 13.0. The van der Waals surface area contributed by atoms with Crippen molar-refractivity contribution in [3.63, 3.8) is 0 Å². The first kappa shape index (κ1) is 17.8. The molecule has 2 aromatic carbocycles. The monoisotopic (exact) mass is 389 g/mol. The number of rotatable bonds is 6. The fraction of sp³-hybridized carbons (Fsp3) is 0.211. The van der Waals surface area contributed by atoms with Crippen molar-refractivity contribution in [1.82, 2.24) is 14.8 Å². The van der Waals surface area contributed by atoms with Gasteiger partial charge < -0.3 is 0 Å². The first-order valence-corrected chi connectivity index (χ1v) is 9.34. The number of carbonyl (C=O) groups is 1. The summed E-state index contributed by atoms with van der Waals surface area (Å²) in [5.41, 5.74) is 0.0422. The standard InChI is InChI=1S/C19H14F3N3OS/c20-11-5-8-16(22)14(9-11)17(26)10-27-19-24-23-18(25(19)12-6-7-12)13-3-1-2-4-15(13)21/h1-5,8-9,12H,6-7,10H2. The molecule has 0 aliphatic heterocycles. The summed E-state index contributed by atoms with van der Waals surface area (Å²) in [5.74, 6) is -2.10. The minimum Gasteiger partial charge on any atom is -0.299 e. The van der Waals surface area contributed by atoms with Crippen LogP contribution in [0.4, 0.5) is 13.2 Å². The Balaban J connectivity index is 1.59. The summed E-state index contributed by atoms with van der Waals surface area (Å²) >= 11 is 1.08. The smallest absolute Gasteiger partial charge is 0.192 e. The lowest BCUT2D eigenvalue weighted by atomic mass is 10.1. The second kappa shape index (κ2) is 7.19. The van der Waals surface area contributed by atoms with Gasteiger partial charge in [-0.15, -0.1) is 10.2 Å². The zero-order chi connectivity index (χ0) is 19.0. The van der Waals surface area contributed by atoms with E-state index in [0.29, 0.717) is 16.5 Å². The van der Waals surface area contributed by atoms with Gasteiger partial charge in [0.1, 0.15) is 17.5 Å². The Morgan fingerprint density at radius 3 is 2.59 bits per heavy atom. The van der Waals surface area contributed by atoms with E-state index in [1.54, 1.807) is 18.2 Å². The third-order valence-corrected chi connectivity index (χ3v) is 5.20. The molecule has 0 atom stereocenters. The molecule has 1 aliphatic carbocycles. The molecule has 0 N–H and O–H groups in total. The highest BCUT2D eigenvalue weighted by Crippen LogP contribution is 2.41.